The number of rotatable bonds is 8. The first-order valence-electron chi connectivity index (χ1n) is 9.90. The van der Waals surface area contributed by atoms with Crippen LogP contribution in [0.3, 0.4) is 0 Å². The van der Waals surface area contributed by atoms with E-state index in [9.17, 15) is 0 Å². The van der Waals surface area contributed by atoms with Gasteiger partial charge in [0.1, 0.15) is 5.75 Å². The van der Waals surface area contributed by atoms with Gasteiger partial charge in [0.2, 0.25) is 0 Å². The molecule has 1 aliphatic rings. The van der Waals surface area contributed by atoms with Crippen molar-refractivity contribution >= 4 is 29.9 Å². The second-order valence-electron chi connectivity index (χ2n) is 7.63. The number of methoxy groups -OCH3 is 1. The monoisotopic (exact) mass is 488 g/mol. The molecule has 0 atom stereocenters. The number of nitrogens with zero attached hydrogens (tertiary/aromatic N) is 2. The molecule has 0 radical (unpaired) electrons. The molecule has 0 aliphatic carbocycles. The summed E-state index contributed by atoms with van der Waals surface area (Å²) < 4.78 is 5.23. The van der Waals surface area contributed by atoms with Gasteiger partial charge in [-0.3, -0.25) is 9.89 Å². The summed E-state index contributed by atoms with van der Waals surface area (Å²) >= 11 is 0. The summed E-state index contributed by atoms with van der Waals surface area (Å²) in [7, 11) is 3.56. The molecule has 1 aromatic carbocycles. The van der Waals surface area contributed by atoms with Gasteiger partial charge < -0.3 is 15.4 Å². The van der Waals surface area contributed by atoms with Crippen molar-refractivity contribution in [3.8, 4) is 5.75 Å². The molecule has 5 nitrogen and oxygen atoms in total. The van der Waals surface area contributed by atoms with Gasteiger partial charge in [0, 0.05) is 26.7 Å². The number of likely N-dealkylation sites (tertiary alicyclic amines) is 1. The Morgan fingerprint density at radius 3 is 2.41 bits per heavy atom. The number of guanidine groups is 1. The van der Waals surface area contributed by atoms with Gasteiger partial charge in [-0.05, 0) is 61.9 Å². The zero-order valence-corrected chi connectivity index (χ0v) is 19.7. The molecule has 1 saturated heterocycles. The average molecular weight is 488 g/mol. The van der Waals surface area contributed by atoms with Crippen LogP contribution in [0.2, 0.25) is 0 Å². The van der Waals surface area contributed by atoms with E-state index >= 15 is 0 Å². The van der Waals surface area contributed by atoms with E-state index in [1.165, 1.54) is 24.8 Å². The molecule has 0 amide bonds. The molecule has 0 bridgehead atoms. The highest BCUT2D eigenvalue weighted by Gasteiger charge is 2.19. The maximum atomic E-state index is 5.23. The Labute approximate surface area is 182 Å². The Morgan fingerprint density at radius 1 is 1.19 bits per heavy atom. The lowest BCUT2D eigenvalue weighted by molar-refractivity contribution is 0.178. The first-order valence-corrected chi connectivity index (χ1v) is 9.90. The SMILES string of the molecule is CN=C(NCCC(C)C)NCC1CCN(Cc2ccc(OC)cc2)CC1.I. The van der Waals surface area contributed by atoms with E-state index in [0.29, 0.717) is 0 Å². The van der Waals surface area contributed by atoms with Crippen molar-refractivity contribution in [2.24, 2.45) is 16.8 Å². The minimum absolute atomic E-state index is 0. The molecule has 2 rings (SSSR count). The fourth-order valence-electron chi connectivity index (χ4n) is 3.28. The molecule has 1 heterocycles. The van der Waals surface area contributed by atoms with Crippen LogP contribution < -0.4 is 15.4 Å². The summed E-state index contributed by atoms with van der Waals surface area (Å²) in [6, 6.07) is 8.42. The van der Waals surface area contributed by atoms with Crippen LogP contribution in [0.1, 0.15) is 38.7 Å². The van der Waals surface area contributed by atoms with E-state index in [4.69, 9.17) is 4.74 Å². The maximum absolute atomic E-state index is 5.23. The third kappa shape index (κ3) is 9.14. The number of halogens is 1. The largest absolute Gasteiger partial charge is 0.497 e. The molecule has 0 unspecified atom stereocenters. The van der Waals surface area contributed by atoms with E-state index in [2.05, 4.69) is 46.5 Å². The van der Waals surface area contributed by atoms with Crippen molar-refractivity contribution in [1.29, 1.82) is 0 Å². The van der Waals surface area contributed by atoms with Crippen molar-refractivity contribution in [3.63, 3.8) is 0 Å². The Balaban J connectivity index is 0.00000364. The van der Waals surface area contributed by atoms with E-state index in [0.717, 1.165) is 56.3 Å². The van der Waals surface area contributed by atoms with Crippen LogP contribution in [0, 0.1) is 11.8 Å². The average Bonchev–Trinajstić information content (AvgIpc) is 2.66. The van der Waals surface area contributed by atoms with Gasteiger partial charge in [-0.25, -0.2) is 0 Å². The Morgan fingerprint density at radius 2 is 1.85 bits per heavy atom. The maximum Gasteiger partial charge on any atom is 0.190 e. The summed E-state index contributed by atoms with van der Waals surface area (Å²) in [6.07, 6.45) is 3.66. The van der Waals surface area contributed by atoms with Gasteiger partial charge in [0.05, 0.1) is 7.11 Å². The molecular weight excluding hydrogens is 451 g/mol. The highest BCUT2D eigenvalue weighted by Crippen LogP contribution is 2.19. The van der Waals surface area contributed by atoms with Crippen LogP contribution in [0.5, 0.6) is 5.75 Å². The predicted octanol–water partition coefficient (Wildman–Crippen LogP) is 3.74. The van der Waals surface area contributed by atoms with E-state index in [-0.39, 0.29) is 24.0 Å². The van der Waals surface area contributed by atoms with E-state index < -0.39 is 0 Å². The summed E-state index contributed by atoms with van der Waals surface area (Å²) in [6.45, 7) is 9.85. The lowest BCUT2D eigenvalue weighted by Gasteiger charge is -2.32. The zero-order chi connectivity index (χ0) is 18.8. The number of hydrogen-bond acceptors (Lipinski definition) is 3. The second-order valence-corrected chi connectivity index (χ2v) is 7.63. The number of ether oxygens (including phenoxy) is 1. The predicted molar refractivity (Wildman–Crippen MR) is 125 cm³/mol. The quantitative estimate of drug-likeness (QED) is 0.333. The highest BCUT2D eigenvalue weighted by atomic mass is 127. The zero-order valence-electron chi connectivity index (χ0n) is 17.3. The fraction of sp³-hybridized carbons (Fsp3) is 0.667. The minimum Gasteiger partial charge on any atom is -0.497 e. The molecule has 1 aromatic rings. The number of aliphatic imine (C=N–C) groups is 1. The van der Waals surface area contributed by atoms with Crippen molar-refractivity contribution < 1.29 is 4.74 Å². The van der Waals surface area contributed by atoms with Crippen LogP contribution in [-0.2, 0) is 6.54 Å². The van der Waals surface area contributed by atoms with E-state index in [1.807, 2.05) is 19.2 Å². The summed E-state index contributed by atoms with van der Waals surface area (Å²) in [5.41, 5.74) is 1.36. The molecule has 0 spiro atoms. The lowest BCUT2D eigenvalue weighted by atomic mass is 9.96. The highest BCUT2D eigenvalue weighted by molar-refractivity contribution is 14.0. The Bertz CT molecular complexity index is 540. The first-order chi connectivity index (χ1) is 12.6. The Hall–Kier alpha value is -1.02. The van der Waals surface area contributed by atoms with Gasteiger partial charge in [0.25, 0.3) is 0 Å². The number of nitrogens with one attached hydrogen (secondary N) is 2. The number of benzene rings is 1. The third-order valence-corrected chi connectivity index (χ3v) is 5.07. The smallest absolute Gasteiger partial charge is 0.190 e. The van der Waals surface area contributed by atoms with Crippen molar-refractivity contribution in [3.05, 3.63) is 29.8 Å². The van der Waals surface area contributed by atoms with Crippen LogP contribution in [0.15, 0.2) is 29.3 Å². The number of piperidine rings is 1. The second kappa shape index (κ2) is 13.2. The molecule has 27 heavy (non-hydrogen) atoms. The molecule has 6 heteroatoms. The van der Waals surface area contributed by atoms with Crippen LogP contribution in [-0.4, -0.2) is 51.2 Å². The topological polar surface area (TPSA) is 48.9 Å². The van der Waals surface area contributed by atoms with Crippen LogP contribution >= 0.6 is 24.0 Å². The normalized spacial score (nSPS) is 16.1. The molecule has 2 N–H and O–H groups in total. The molecular formula is C21H37IN4O. The molecule has 1 aliphatic heterocycles. The molecule has 0 saturated carbocycles. The van der Waals surface area contributed by atoms with Crippen molar-refractivity contribution in [2.75, 3.05) is 40.3 Å². The van der Waals surface area contributed by atoms with Gasteiger partial charge in [0.15, 0.2) is 5.96 Å². The summed E-state index contributed by atoms with van der Waals surface area (Å²) in [5, 5.41) is 6.91. The standard InChI is InChI=1S/C21H36N4O.HI/c1-17(2)9-12-23-21(22-3)24-15-18-10-13-25(14-11-18)16-19-5-7-20(26-4)8-6-19;/h5-8,17-18H,9-16H2,1-4H3,(H2,22,23,24);1H. The van der Waals surface area contributed by atoms with Gasteiger partial charge in [-0.15, -0.1) is 24.0 Å². The van der Waals surface area contributed by atoms with Gasteiger partial charge in [-0.2, -0.15) is 0 Å². The van der Waals surface area contributed by atoms with Crippen LogP contribution in [0.4, 0.5) is 0 Å². The molecule has 1 fully saturated rings. The first kappa shape index (κ1) is 24.0. The minimum atomic E-state index is 0. The van der Waals surface area contributed by atoms with Crippen molar-refractivity contribution in [2.45, 2.75) is 39.7 Å². The summed E-state index contributed by atoms with van der Waals surface area (Å²) in [5.74, 6) is 3.31. The van der Waals surface area contributed by atoms with Crippen LogP contribution in [0.25, 0.3) is 0 Å². The summed E-state index contributed by atoms with van der Waals surface area (Å²) in [4.78, 5) is 6.88. The number of hydrogen-bond donors (Lipinski definition) is 2. The van der Waals surface area contributed by atoms with Crippen molar-refractivity contribution in [1.82, 2.24) is 15.5 Å². The van der Waals surface area contributed by atoms with E-state index in [1.54, 1.807) is 7.11 Å². The molecule has 154 valence electrons. The lowest BCUT2D eigenvalue weighted by Crippen LogP contribution is -2.43. The van der Waals surface area contributed by atoms with Gasteiger partial charge >= 0.3 is 0 Å². The fourth-order valence-corrected chi connectivity index (χ4v) is 3.28. The van der Waals surface area contributed by atoms with Gasteiger partial charge in [-0.1, -0.05) is 26.0 Å². The Kier molecular flexibility index (Phi) is 11.7. The third-order valence-electron chi connectivity index (χ3n) is 5.07. The molecule has 0 aromatic heterocycles.